The summed E-state index contributed by atoms with van der Waals surface area (Å²) in [6.45, 7) is 5.07. The number of aryl methyl sites for hydroxylation is 1. The first-order valence-electron chi connectivity index (χ1n) is 7.03. The summed E-state index contributed by atoms with van der Waals surface area (Å²) < 4.78 is 5.61. The molecule has 1 atom stereocenters. The molecule has 2 rings (SSSR count). The highest BCUT2D eigenvalue weighted by atomic mass is 16.4. The number of rotatable bonds is 6. The standard InChI is InChI=1S/C13H24N4O/c1-3-12-15-16-13(18-12)10-17-9-5-4-6-11(17)7-8-14-2/h11,14H,3-10H2,1-2H3. The van der Waals surface area contributed by atoms with Gasteiger partial charge in [-0.15, -0.1) is 10.2 Å². The molecule has 18 heavy (non-hydrogen) atoms. The Morgan fingerprint density at radius 3 is 2.89 bits per heavy atom. The van der Waals surface area contributed by atoms with E-state index in [-0.39, 0.29) is 0 Å². The molecule has 102 valence electrons. The highest BCUT2D eigenvalue weighted by Gasteiger charge is 2.23. The third-order valence-electron chi connectivity index (χ3n) is 3.63. The van der Waals surface area contributed by atoms with Gasteiger partial charge in [-0.05, 0) is 39.4 Å². The number of nitrogens with one attached hydrogen (secondary N) is 1. The topological polar surface area (TPSA) is 54.2 Å². The maximum atomic E-state index is 5.61. The lowest BCUT2D eigenvalue weighted by molar-refractivity contribution is 0.120. The molecule has 0 aromatic carbocycles. The molecule has 0 bridgehead atoms. The van der Waals surface area contributed by atoms with Crippen LogP contribution in [-0.2, 0) is 13.0 Å². The molecule has 0 saturated carbocycles. The normalized spacial score (nSPS) is 21.3. The molecule has 5 nitrogen and oxygen atoms in total. The van der Waals surface area contributed by atoms with Gasteiger partial charge in [0.05, 0.1) is 6.54 Å². The second-order valence-corrected chi connectivity index (χ2v) is 4.96. The third-order valence-corrected chi connectivity index (χ3v) is 3.63. The second-order valence-electron chi connectivity index (χ2n) is 4.96. The van der Waals surface area contributed by atoms with Crippen LogP contribution in [0.4, 0.5) is 0 Å². The number of piperidine rings is 1. The van der Waals surface area contributed by atoms with Crippen molar-refractivity contribution in [1.29, 1.82) is 0 Å². The van der Waals surface area contributed by atoms with Crippen LogP contribution in [0.25, 0.3) is 0 Å². The fourth-order valence-corrected chi connectivity index (χ4v) is 2.57. The SMILES string of the molecule is CCc1nnc(CN2CCCCC2CCNC)o1. The lowest BCUT2D eigenvalue weighted by atomic mass is 9.99. The average Bonchev–Trinajstić information content (AvgIpc) is 2.85. The Morgan fingerprint density at radius 1 is 1.33 bits per heavy atom. The lowest BCUT2D eigenvalue weighted by Gasteiger charge is -2.34. The molecule has 1 fully saturated rings. The van der Waals surface area contributed by atoms with Gasteiger partial charge in [0.2, 0.25) is 11.8 Å². The highest BCUT2D eigenvalue weighted by molar-refractivity contribution is 4.85. The van der Waals surface area contributed by atoms with Crippen molar-refractivity contribution >= 4 is 0 Å². The van der Waals surface area contributed by atoms with Crippen molar-refractivity contribution < 1.29 is 4.42 Å². The zero-order valence-electron chi connectivity index (χ0n) is 11.5. The molecule has 2 heterocycles. The highest BCUT2D eigenvalue weighted by Crippen LogP contribution is 2.21. The van der Waals surface area contributed by atoms with E-state index in [0.29, 0.717) is 6.04 Å². The molecule has 1 unspecified atom stereocenters. The van der Waals surface area contributed by atoms with E-state index in [0.717, 1.165) is 37.8 Å². The van der Waals surface area contributed by atoms with Crippen molar-refractivity contribution in [3.05, 3.63) is 11.8 Å². The van der Waals surface area contributed by atoms with Crippen LogP contribution < -0.4 is 5.32 Å². The molecule has 1 saturated heterocycles. The van der Waals surface area contributed by atoms with Crippen molar-refractivity contribution in [3.8, 4) is 0 Å². The van der Waals surface area contributed by atoms with E-state index in [1.165, 1.54) is 25.7 Å². The summed E-state index contributed by atoms with van der Waals surface area (Å²) in [5, 5.41) is 11.4. The molecule has 5 heteroatoms. The third kappa shape index (κ3) is 3.53. The summed E-state index contributed by atoms with van der Waals surface area (Å²) in [4.78, 5) is 2.49. The van der Waals surface area contributed by atoms with E-state index in [2.05, 4.69) is 20.4 Å². The first-order chi connectivity index (χ1) is 8.83. The van der Waals surface area contributed by atoms with E-state index in [1.54, 1.807) is 0 Å². The van der Waals surface area contributed by atoms with Gasteiger partial charge in [0.1, 0.15) is 0 Å². The van der Waals surface area contributed by atoms with Crippen LogP contribution in [0.5, 0.6) is 0 Å². The van der Waals surface area contributed by atoms with E-state index in [4.69, 9.17) is 4.42 Å². The molecular weight excluding hydrogens is 228 g/mol. The Hall–Kier alpha value is -0.940. The van der Waals surface area contributed by atoms with E-state index < -0.39 is 0 Å². The summed E-state index contributed by atoms with van der Waals surface area (Å²) in [6.07, 6.45) is 5.93. The molecule has 1 N–H and O–H groups in total. The fraction of sp³-hybridized carbons (Fsp3) is 0.846. The van der Waals surface area contributed by atoms with Crippen LogP contribution in [0.3, 0.4) is 0 Å². The van der Waals surface area contributed by atoms with Crippen molar-refractivity contribution in [2.45, 2.75) is 51.6 Å². The lowest BCUT2D eigenvalue weighted by Crippen LogP contribution is -2.40. The largest absolute Gasteiger partial charge is 0.424 e. The molecular formula is C13H24N4O. The van der Waals surface area contributed by atoms with Gasteiger partial charge in [-0.1, -0.05) is 13.3 Å². The minimum absolute atomic E-state index is 0.656. The van der Waals surface area contributed by atoms with Crippen molar-refractivity contribution in [3.63, 3.8) is 0 Å². The Labute approximate surface area is 109 Å². The Kier molecular flexibility index (Phi) is 5.13. The summed E-state index contributed by atoms with van der Waals surface area (Å²) in [5.74, 6) is 1.51. The molecule has 0 aliphatic carbocycles. The zero-order chi connectivity index (χ0) is 12.8. The predicted molar refractivity (Wildman–Crippen MR) is 70.3 cm³/mol. The zero-order valence-corrected chi connectivity index (χ0v) is 11.5. The molecule has 0 radical (unpaired) electrons. The van der Waals surface area contributed by atoms with Crippen molar-refractivity contribution in [2.75, 3.05) is 20.1 Å². The van der Waals surface area contributed by atoms with E-state index in [9.17, 15) is 0 Å². The van der Waals surface area contributed by atoms with Crippen LogP contribution in [0, 0.1) is 0 Å². The quantitative estimate of drug-likeness (QED) is 0.833. The maximum absolute atomic E-state index is 5.61. The second kappa shape index (κ2) is 6.85. The van der Waals surface area contributed by atoms with Crippen LogP contribution in [0.15, 0.2) is 4.42 Å². The van der Waals surface area contributed by atoms with E-state index >= 15 is 0 Å². The first-order valence-corrected chi connectivity index (χ1v) is 7.03. The Balaban J connectivity index is 1.91. The molecule has 1 aromatic heterocycles. The van der Waals surface area contributed by atoms with Crippen molar-refractivity contribution in [1.82, 2.24) is 20.4 Å². The smallest absolute Gasteiger partial charge is 0.230 e. The van der Waals surface area contributed by atoms with Crippen LogP contribution >= 0.6 is 0 Å². The Bertz CT molecular complexity index is 353. The Morgan fingerprint density at radius 2 is 2.17 bits per heavy atom. The van der Waals surface area contributed by atoms with Crippen LogP contribution in [-0.4, -0.2) is 41.3 Å². The molecule has 0 spiro atoms. The predicted octanol–water partition coefficient (Wildman–Crippen LogP) is 1.60. The van der Waals surface area contributed by atoms with Gasteiger partial charge in [0.15, 0.2) is 0 Å². The number of nitrogens with zero attached hydrogens (tertiary/aromatic N) is 3. The molecule has 1 aliphatic rings. The number of hydrogen-bond donors (Lipinski definition) is 1. The molecule has 1 aromatic rings. The number of likely N-dealkylation sites (tertiary alicyclic amines) is 1. The monoisotopic (exact) mass is 252 g/mol. The van der Waals surface area contributed by atoms with Gasteiger partial charge in [0, 0.05) is 12.5 Å². The van der Waals surface area contributed by atoms with Gasteiger partial charge < -0.3 is 9.73 Å². The maximum Gasteiger partial charge on any atom is 0.230 e. The summed E-state index contributed by atoms with van der Waals surface area (Å²) in [5.41, 5.74) is 0. The minimum Gasteiger partial charge on any atom is -0.424 e. The van der Waals surface area contributed by atoms with Gasteiger partial charge in [-0.25, -0.2) is 0 Å². The minimum atomic E-state index is 0.656. The van der Waals surface area contributed by atoms with Gasteiger partial charge in [-0.3, -0.25) is 4.90 Å². The molecule has 1 aliphatic heterocycles. The number of hydrogen-bond acceptors (Lipinski definition) is 5. The average molecular weight is 252 g/mol. The summed E-state index contributed by atoms with van der Waals surface area (Å²) >= 11 is 0. The van der Waals surface area contributed by atoms with Gasteiger partial charge in [0.25, 0.3) is 0 Å². The van der Waals surface area contributed by atoms with Crippen LogP contribution in [0.1, 0.15) is 44.4 Å². The fourth-order valence-electron chi connectivity index (χ4n) is 2.57. The number of aromatic nitrogens is 2. The summed E-state index contributed by atoms with van der Waals surface area (Å²) in [6, 6.07) is 0.656. The van der Waals surface area contributed by atoms with Crippen molar-refractivity contribution in [2.24, 2.45) is 0 Å². The first kappa shape index (κ1) is 13.5. The van der Waals surface area contributed by atoms with Gasteiger partial charge >= 0.3 is 0 Å². The van der Waals surface area contributed by atoms with Crippen LogP contribution in [0.2, 0.25) is 0 Å². The van der Waals surface area contributed by atoms with E-state index in [1.807, 2.05) is 14.0 Å². The van der Waals surface area contributed by atoms with Gasteiger partial charge in [-0.2, -0.15) is 0 Å². The summed E-state index contributed by atoms with van der Waals surface area (Å²) in [7, 11) is 2.01. The molecule has 0 amide bonds.